The second-order valence-electron chi connectivity index (χ2n) is 6.60. The number of benzene rings is 2. The van der Waals surface area contributed by atoms with Crippen molar-refractivity contribution in [2.75, 3.05) is 38.8 Å². The van der Waals surface area contributed by atoms with Crippen LogP contribution in [0.4, 0.5) is 10.5 Å². The molecule has 0 bridgehead atoms. The summed E-state index contributed by atoms with van der Waals surface area (Å²) < 4.78 is 12.3. The molecule has 2 amide bonds. The normalized spacial score (nSPS) is 11.2. The van der Waals surface area contributed by atoms with E-state index >= 15 is 0 Å². The molecule has 0 spiro atoms. The number of amides is 2. The van der Waals surface area contributed by atoms with Gasteiger partial charge in [0.2, 0.25) is 11.7 Å². The summed E-state index contributed by atoms with van der Waals surface area (Å²) in [4.78, 5) is 26.2. The lowest BCUT2D eigenvalue weighted by Gasteiger charge is -2.37. The molecule has 0 atom stereocenters. The number of ether oxygens (including phenoxy) is 2. The molecule has 0 aliphatic heterocycles. The van der Waals surface area contributed by atoms with Crippen LogP contribution in [-0.2, 0) is 20.1 Å². The molecule has 2 rings (SSSR count). The van der Waals surface area contributed by atoms with Gasteiger partial charge in [-0.2, -0.15) is 0 Å². The summed E-state index contributed by atoms with van der Waals surface area (Å²) in [6.07, 6.45) is -1.18. The molecule has 8 heteroatoms. The van der Waals surface area contributed by atoms with Crippen LogP contribution in [0.2, 0.25) is 5.02 Å². The summed E-state index contributed by atoms with van der Waals surface area (Å²) in [7, 11) is 2.92. The Hall–Kier alpha value is -2.61. The molecular weight excluding hydrogens is 408 g/mol. The van der Waals surface area contributed by atoms with Crippen molar-refractivity contribution in [2.24, 2.45) is 0 Å². The van der Waals surface area contributed by atoms with E-state index in [1.54, 1.807) is 25.2 Å². The molecule has 162 valence electrons. The van der Waals surface area contributed by atoms with Gasteiger partial charge in [-0.25, -0.2) is 4.79 Å². The fraction of sp³-hybridized carbons (Fsp3) is 0.364. The Morgan fingerprint density at radius 1 is 1.03 bits per heavy atom. The summed E-state index contributed by atoms with van der Waals surface area (Å²) in [6.45, 7) is 4.12. The Bertz CT molecular complexity index is 869. The van der Waals surface area contributed by atoms with Crippen molar-refractivity contribution in [3.05, 3.63) is 64.7 Å². The topological polar surface area (TPSA) is 79.3 Å². The van der Waals surface area contributed by atoms with E-state index in [9.17, 15) is 9.59 Å². The minimum Gasteiger partial charge on any atom is -0.465 e. The van der Waals surface area contributed by atoms with Gasteiger partial charge in [0.25, 0.3) is 0 Å². The number of hydrogen-bond donors (Lipinski definition) is 1. The first-order chi connectivity index (χ1) is 14.3. The summed E-state index contributed by atoms with van der Waals surface area (Å²) >= 11 is 6.32. The maximum Gasteiger partial charge on any atom is 0.407 e. The van der Waals surface area contributed by atoms with Crippen LogP contribution in [0.1, 0.15) is 25.0 Å². The van der Waals surface area contributed by atoms with Gasteiger partial charge < -0.3 is 24.4 Å². The molecule has 0 fully saturated rings. The van der Waals surface area contributed by atoms with Crippen LogP contribution in [0.3, 0.4) is 0 Å². The van der Waals surface area contributed by atoms with Gasteiger partial charge in [0.15, 0.2) is 0 Å². The van der Waals surface area contributed by atoms with E-state index in [1.807, 2.05) is 44.2 Å². The summed E-state index contributed by atoms with van der Waals surface area (Å²) in [6, 6.07) is 14.5. The Kier molecular flexibility index (Phi) is 8.23. The van der Waals surface area contributed by atoms with Gasteiger partial charge in [-0.1, -0.05) is 41.9 Å². The molecule has 2 aromatic carbocycles. The predicted octanol–water partition coefficient (Wildman–Crippen LogP) is 4.19. The highest BCUT2D eigenvalue weighted by molar-refractivity contribution is 6.30. The number of nitrogens with zero attached hydrogens (tertiary/aromatic N) is 2. The Labute approximate surface area is 181 Å². The fourth-order valence-electron chi connectivity index (χ4n) is 3.16. The van der Waals surface area contributed by atoms with Crippen LogP contribution in [0.5, 0.6) is 0 Å². The van der Waals surface area contributed by atoms with Crippen molar-refractivity contribution in [1.29, 1.82) is 0 Å². The number of carboxylic acid groups (broad SMARTS) is 1. The smallest absolute Gasteiger partial charge is 0.407 e. The molecule has 0 unspecified atom stereocenters. The van der Waals surface area contributed by atoms with Crippen molar-refractivity contribution in [1.82, 2.24) is 4.90 Å². The maximum atomic E-state index is 12.8. The monoisotopic (exact) mass is 434 g/mol. The van der Waals surface area contributed by atoms with Gasteiger partial charge >= 0.3 is 6.09 Å². The minimum absolute atomic E-state index is 0.296. The van der Waals surface area contributed by atoms with Crippen LogP contribution in [0.15, 0.2) is 48.5 Å². The second-order valence-corrected chi connectivity index (χ2v) is 7.04. The van der Waals surface area contributed by atoms with Crippen molar-refractivity contribution in [3.63, 3.8) is 0 Å². The molecule has 1 N–H and O–H groups in total. The van der Waals surface area contributed by atoms with E-state index in [2.05, 4.69) is 0 Å². The van der Waals surface area contributed by atoms with Gasteiger partial charge in [-0.15, -0.1) is 0 Å². The van der Waals surface area contributed by atoms with E-state index in [0.717, 1.165) is 10.5 Å². The molecular formula is C22H27ClN2O5. The lowest BCUT2D eigenvalue weighted by molar-refractivity contribution is -0.212. The van der Waals surface area contributed by atoms with Crippen LogP contribution < -0.4 is 4.90 Å². The lowest BCUT2D eigenvalue weighted by Crippen LogP contribution is -2.41. The summed E-state index contributed by atoms with van der Waals surface area (Å²) in [5.74, 6) is -1.70. The highest BCUT2D eigenvalue weighted by atomic mass is 35.5. The Balaban J connectivity index is 2.63. The molecule has 0 aliphatic rings. The third-order valence-corrected chi connectivity index (χ3v) is 4.83. The van der Waals surface area contributed by atoms with Crippen molar-refractivity contribution in [2.45, 2.75) is 19.6 Å². The van der Waals surface area contributed by atoms with Gasteiger partial charge in [0.1, 0.15) is 6.54 Å². The number of rotatable bonds is 9. The largest absolute Gasteiger partial charge is 0.465 e. The molecule has 0 saturated carbocycles. The van der Waals surface area contributed by atoms with Crippen LogP contribution in [-0.4, -0.2) is 55.9 Å². The molecule has 0 saturated heterocycles. The van der Waals surface area contributed by atoms with Crippen LogP contribution in [0, 0.1) is 0 Å². The molecule has 30 heavy (non-hydrogen) atoms. The average molecular weight is 435 g/mol. The van der Waals surface area contributed by atoms with Crippen molar-refractivity contribution < 1.29 is 24.2 Å². The third-order valence-electron chi connectivity index (χ3n) is 4.60. The number of anilines is 1. The first-order valence-electron chi connectivity index (χ1n) is 9.60. The van der Waals surface area contributed by atoms with Crippen molar-refractivity contribution in [3.8, 4) is 0 Å². The average Bonchev–Trinajstić information content (AvgIpc) is 2.73. The number of halogens is 1. The number of hydrogen-bond acceptors (Lipinski definition) is 4. The summed E-state index contributed by atoms with van der Waals surface area (Å²) in [5.41, 5.74) is 1.81. The quantitative estimate of drug-likeness (QED) is 0.599. The Morgan fingerprint density at radius 3 is 2.17 bits per heavy atom. The maximum absolute atomic E-state index is 12.8. The SMILES string of the molecule is CCOC(OCC)(c1ccccc1)c1cc(Cl)ccc1N(C)C(=O)CN(C)C(=O)O. The standard InChI is InChI=1S/C22H27ClN2O5/c1-5-29-22(30-6-2,16-10-8-7-9-11-16)18-14-17(23)12-13-19(18)25(4)20(26)15-24(3)21(27)28/h7-14H,5-6,15H2,1-4H3,(H,27,28). The minimum atomic E-state index is -1.29. The van der Waals surface area contributed by atoms with Crippen LogP contribution >= 0.6 is 11.6 Å². The molecule has 0 aromatic heterocycles. The zero-order chi connectivity index (χ0) is 22.3. The zero-order valence-electron chi connectivity index (χ0n) is 17.6. The van der Waals surface area contributed by atoms with Gasteiger partial charge in [0.05, 0.1) is 5.69 Å². The van der Waals surface area contributed by atoms with Gasteiger partial charge in [-0.3, -0.25) is 4.79 Å². The fourth-order valence-corrected chi connectivity index (χ4v) is 3.33. The third kappa shape index (κ3) is 5.11. The first kappa shape index (κ1) is 23.7. The molecule has 0 radical (unpaired) electrons. The lowest BCUT2D eigenvalue weighted by atomic mass is 9.94. The Morgan fingerprint density at radius 2 is 1.63 bits per heavy atom. The number of carbonyl (C=O) groups is 2. The molecule has 2 aromatic rings. The van der Waals surface area contributed by atoms with Gasteiger partial charge in [0, 0.05) is 43.5 Å². The van der Waals surface area contributed by atoms with E-state index in [0.29, 0.717) is 29.5 Å². The van der Waals surface area contributed by atoms with E-state index in [4.69, 9.17) is 26.2 Å². The first-order valence-corrected chi connectivity index (χ1v) is 9.98. The van der Waals surface area contributed by atoms with E-state index in [1.165, 1.54) is 11.9 Å². The molecule has 7 nitrogen and oxygen atoms in total. The van der Waals surface area contributed by atoms with Crippen LogP contribution in [0.25, 0.3) is 0 Å². The summed E-state index contributed by atoms with van der Waals surface area (Å²) in [5, 5.41) is 9.55. The van der Waals surface area contributed by atoms with Gasteiger partial charge in [-0.05, 0) is 32.0 Å². The zero-order valence-corrected chi connectivity index (χ0v) is 18.3. The van der Waals surface area contributed by atoms with E-state index < -0.39 is 17.8 Å². The highest BCUT2D eigenvalue weighted by Crippen LogP contribution is 2.41. The van der Waals surface area contributed by atoms with Crippen molar-refractivity contribution >= 4 is 29.3 Å². The molecule has 0 heterocycles. The number of carbonyl (C=O) groups excluding carboxylic acids is 1. The second kappa shape index (κ2) is 10.4. The molecule has 0 aliphatic carbocycles. The number of likely N-dealkylation sites (N-methyl/N-ethyl adjacent to an activating group) is 2. The highest BCUT2D eigenvalue weighted by Gasteiger charge is 2.39. The predicted molar refractivity (Wildman–Crippen MR) is 116 cm³/mol. The van der Waals surface area contributed by atoms with E-state index in [-0.39, 0.29) is 6.54 Å².